The topological polar surface area (TPSA) is 64.1 Å². The second-order valence-electron chi connectivity index (χ2n) is 6.57. The minimum Gasteiger partial charge on any atom is -0.508 e. The second-order valence-corrected chi connectivity index (χ2v) is 8.71. The van der Waals surface area contributed by atoms with Crippen molar-refractivity contribution in [1.29, 1.82) is 0 Å². The van der Waals surface area contributed by atoms with Crippen molar-refractivity contribution in [2.75, 3.05) is 40.3 Å². The molecule has 1 fully saturated rings. The number of hydrogen-bond acceptors (Lipinski definition) is 4. The summed E-state index contributed by atoms with van der Waals surface area (Å²) in [6.07, 6.45) is 3.32. The summed E-state index contributed by atoms with van der Waals surface area (Å²) in [6.45, 7) is 3.03. The van der Waals surface area contributed by atoms with Crippen molar-refractivity contribution >= 4 is 10.2 Å². The van der Waals surface area contributed by atoms with Gasteiger partial charge in [0.05, 0.1) is 0 Å². The van der Waals surface area contributed by atoms with Crippen LogP contribution in [0.5, 0.6) is 5.75 Å². The van der Waals surface area contributed by atoms with E-state index in [0.717, 1.165) is 18.4 Å². The van der Waals surface area contributed by atoms with E-state index in [1.807, 2.05) is 6.07 Å². The molecule has 1 aliphatic carbocycles. The first-order valence-corrected chi connectivity index (χ1v) is 9.51. The first kappa shape index (κ1) is 16.7. The van der Waals surface area contributed by atoms with Gasteiger partial charge < -0.3 is 5.11 Å². The molecule has 1 aromatic rings. The predicted molar refractivity (Wildman–Crippen MR) is 89.6 cm³/mol. The summed E-state index contributed by atoms with van der Waals surface area (Å²) in [5.74, 6) is 0.369. The summed E-state index contributed by atoms with van der Waals surface area (Å²) in [5.41, 5.74) is 3.58. The number of benzene rings is 1. The Labute approximate surface area is 138 Å². The molecule has 1 aromatic carbocycles. The van der Waals surface area contributed by atoms with Crippen LogP contribution < -0.4 is 0 Å². The third kappa shape index (κ3) is 3.38. The molecule has 1 heterocycles. The van der Waals surface area contributed by atoms with E-state index in [1.165, 1.54) is 26.2 Å². The lowest BCUT2D eigenvalue weighted by Crippen LogP contribution is -2.51. The van der Waals surface area contributed by atoms with Gasteiger partial charge in [0.15, 0.2) is 0 Å². The molecule has 1 aliphatic heterocycles. The molecular weight excluding hydrogens is 314 g/mol. The number of phenolic OH excluding ortho intramolecular Hbond substituents is 1. The number of rotatable bonds is 4. The molecule has 0 aromatic heterocycles. The summed E-state index contributed by atoms with van der Waals surface area (Å²) in [6, 6.07) is 4.03. The number of hydrogen-bond donors (Lipinski definition) is 1. The van der Waals surface area contributed by atoms with Gasteiger partial charge in [-0.25, -0.2) is 0 Å². The fourth-order valence-corrected chi connectivity index (χ4v) is 4.47. The zero-order valence-electron chi connectivity index (χ0n) is 13.8. The average Bonchev–Trinajstić information content (AvgIpc) is 2.95. The lowest BCUT2D eigenvalue weighted by atomic mass is 10.0. The normalized spacial score (nSPS) is 20.1. The molecule has 3 rings (SSSR count). The molecule has 0 unspecified atom stereocenters. The highest BCUT2D eigenvalue weighted by Crippen LogP contribution is 2.30. The number of fused-ring (bicyclic) bond motifs is 1. The highest BCUT2D eigenvalue weighted by molar-refractivity contribution is 7.86. The minimum absolute atomic E-state index is 0.369. The lowest BCUT2D eigenvalue weighted by molar-refractivity contribution is 0.176. The second kappa shape index (κ2) is 6.39. The summed E-state index contributed by atoms with van der Waals surface area (Å²) in [4.78, 5) is 2.21. The first-order chi connectivity index (χ1) is 10.9. The molecule has 2 aliphatic rings. The molecule has 0 radical (unpaired) electrons. The van der Waals surface area contributed by atoms with E-state index in [9.17, 15) is 13.5 Å². The van der Waals surface area contributed by atoms with Gasteiger partial charge in [-0.2, -0.15) is 17.0 Å². The van der Waals surface area contributed by atoms with E-state index in [-0.39, 0.29) is 0 Å². The van der Waals surface area contributed by atoms with Crippen molar-refractivity contribution in [3.05, 3.63) is 28.8 Å². The molecule has 6 nitrogen and oxygen atoms in total. The molecule has 0 bridgehead atoms. The van der Waals surface area contributed by atoms with Crippen molar-refractivity contribution in [2.45, 2.75) is 25.8 Å². The van der Waals surface area contributed by atoms with Gasteiger partial charge in [-0.15, -0.1) is 0 Å². The van der Waals surface area contributed by atoms with Gasteiger partial charge in [0, 0.05) is 52.4 Å². The van der Waals surface area contributed by atoms with Crippen molar-refractivity contribution < 1.29 is 13.5 Å². The maximum Gasteiger partial charge on any atom is 0.281 e. The quantitative estimate of drug-likeness (QED) is 0.881. The summed E-state index contributed by atoms with van der Waals surface area (Å²) in [7, 11) is -0.202. The van der Waals surface area contributed by atoms with Gasteiger partial charge in [0.25, 0.3) is 10.2 Å². The summed E-state index contributed by atoms with van der Waals surface area (Å²) < 4.78 is 27.0. The van der Waals surface area contributed by atoms with Crippen molar-refractivity contribution in [1.82, 2.24) is 13.5 Å². The zero-order chi connectivity index (χ0) is 16.6. The maximum absolute atomic E-state index is 12.1. The van der Waals surface area contributed by atoms with Crippen molar-refractivity contribution in [2.24, 2.45) is 0 Å². The van der Waals surface area contributed by atoms with Gasteiger partial charge in [0.2, 0.25) is 0 Å². The number of aryl methyl sites for hydroxylation is 2. The highest BCUT2D eigenvalue weighted by Gasteiger charge is 2.28. The maximum atomic E-state index is 12.1. The molecule has 0 spiro atoms. The van der Waals surface area contributed by atoms with E-state index < -0.39 is 10.2 Å². The monoisotopic (exact) mass is 339 g/mol. The van der Waals surface area contributed by atoms with Crippen molar-refractivity contribution in [3.63, 3.8) is 0 Å². The third-order valence-corrected chi connectivity index (χ3v) is 6.75. The van der Waals surface area contributed by atoms with Crippen molar-refractivity contribution in [3.8, 4) is 5.75 Å². The van der Waals surface area contributed by atoms with Crippen LogP contribution in [0.3, 0.4) is 0 Å². The van der Waals surface area contributed by atoms with Crippen LogP contribution in [-0.4, -0.2) is 67.3 Å². The van der Waals surface area contributed by atoms with Crippen LogP contribution in [0.25, 0.3) is 0 Å². The predicted octanol–water partition coefficient (Wildman–Crippen LogP) is 0.805. The van der Waals surface area contributed by atoms with Gasteiger partial charge in [-0.05, 0) is 36.5 Å². The number of piperazine rings is 1. The largest absolute Gasteiger partial charge is 0.508 e. The van der Waals surface area contributed by atoms with Crippen LogP contribution in [0.2, 0.25) is 0 Å². The Bertz CT molecular complexity index is 680. The lowest BCUT2D eigenvalue weighted by Gasteiger charge is -2.35. The highest BCUT2D eigenvalue weighted by atomic mass is 32.2. The zero-order valence-corrected chi connectivity index (χ0v) is 14.6. The molecular formula is C16H25N3O3S. The minimum atomic E-state index is -3.32. The summed E-state index contributed by atoms with van der Waals surface area (Å²) in [5, 5.41) is 10.2. The van der Waals surface area contributed by atoms with Crippen LogP contribution in [0.4, 0.5) is 0 Å². The molecule has 0 saturated carbocycles. The standard InChI is InChI=1S/C16H25N3O3S/c1-17(2)23(21,22)19-8-6-18(7-9-19)12-15-10-13-4-3-5-14(13)11-16(15)20/h10-11,20H,3-9,12H2,1-2H3. The van der Waals surface area contributed by atoms with Crippen LogP contribution in [0, 0.1) is 0 Å². The summed E-state index contributed by atoms with van der Waals surface area (Å²) >= 11 is 0. The Morgan fingerprint density at radius 1 is 1.09 bits per heavy atom. The van der Waals surface area contributed by atoms with E-state index in [4.69, 9.17) is 0 Å². The Hall–Kier alpha value is -1.15. The Balaban J connectivity index is 1.64. The van der Waals surface area contributed by atoms with Gasteiger partial charge in [0.1, 0.15) is 5.75 Å². The van der Waals surface area contributed by atoms with Crippen LogP contribution in [0.1, 0.15) is 23.1 Å². The fourth-order valence-electron chi connectivity index (χ4n) is 3.38. The first-order valence-electron chi connectivity index (χ1n) is 8.11. The molecule has 0 atom stereocenters. The van der Waals surface area contributed by atoms with E-state index in [1.54, 1.807) is 14.1 Å². The van der Waals surface area contributed by atoms with E-state index in [0.29, 0.717) is 38.5 Å². The van der Waals surface area contributed by atoms with Crippen LogP contribution in [-0.2, 0) is 29.6 Å². The molecule has 1 saturated heterocycles. The number of nitrogens with zero attached hydrogens (tertiary/aromatic N) is 3. The number of aromatic hydroxyl groups is 1. The third-order valence-electron chi connectivity index (χ3n) is 4.81. The molecule has 128 valence electrons. The van der Waals surface area contributed by atoms with Gasteiger partial charge >= 0.3 is 0 Å². The van der Waals surface area contributed by atoms with Crippen LogP contribution >= 0.6 is 0 Å². The Kier molecular flexibility index (Phi) is 4.64. The van der Waals surface area contributed by atoms with Gasteiger partial charge in [-0.3, -0.25) is 4.90 Å². The van der Waals surface area contributed by atoms with E-state index in [2.05, 4.69) is 11.0 Å². The average molecular weight is 339 g/mol. The number of phenols is 1. The fraction of sp³-hybridized carbons (Fsp3) is 0.625. The molecule has 0 amide bonds. The molecule has 1 N–H and O–H groups in total. The molecule has 23 heavy (non-hydrogen) atoms. The van der Waals surface area contributed by atoms with E-state index >= 15 is 0 Å². The van der Waals surface area contributed by atoms with Crippen LogP contribution in [0.15, 0.2) is 12.1 Å². The smallest absolute Gasteiger partial charge is 0.281 e. The molecule has 7 heteroatoms. The Morgan fingerprint density at radius 3 is 2.30 bits per heavy atom. The Morgan fingerprint density at radius 2 is 1.70 bits per heavy atom. The van der Waals surface area contributed by atoms with Gasteiger partial charge in [-0.1, -0.05) is 6.07 Å². The SMILES string of the molecule is CN(C)S(=O)(=O)N1CCN(Cc2cc3c(cc2O)CCC3)CC1.